The minimum absolute atomic E-state index is 0.293. The lowest BCUT2D eigenvalue weighted by Gasteiger charge is -2.32. The van der Waals surface area contributed by atoms with E-state index in [0.29, 0.717) is 5.54 Å². The van der Waals surface area contributed by atoms with Gasteiger partial charge in [0.05, 0.1) is 13.1 Å². The van der Waals surface area contributed by atoms with Crippen LogP contribution in [0.1, 0.15) is 33.6 Å². The fourth-order valence-corrected chi connectivity index (χ4v) is 2.85. The van der Waals surface area contributed by atoms with E-state index in [9.17, 15) is 0 Å². The number of nitrogens with one attached hydrogen (secondary N) is 1. The van der Waals surface area contributed by atoms with E-state index in [1.807, 2.05) is 0 Å². The lowest BCUT2D eigenvalue weighted by Crippen LogP contribution is -2.48. The highest BCUT2D eigenvalue weighted by Gasteiger charge is 2.28. The summed E-state index contributed by atoms with van der Waals surface area (Å²) in [6, 6.07) is 0. The van der Waals surface area contributed by atoms with Crippen LogP contribution in [0.25, 0.3) is 0 Å². The summed E-state index contributed by atoms with van der Waals surface area (Å²) in [7, 11) is 0. The van der Waals surface area contributed by atoms with E-state index in [1.165, 1.54) is 45.6 Å². The zero-order chi connectivity index (χ0) is 12.3. The Morgan fingerprint density at radius 3 is 2.53 bits per heavy atom. The second-order valence-electron chi connectivity index (χ2n) is 6.50. The molecule has 0 aliphatic carbocycles. The molecule has 0 spiro atoms. The van der Waals surface area contributed by atoms with Gasteiger partial charge in [0.25, 0.3) is 0 Å². The summed E-state index contributed by atoms with van der Waals surface area (Å²) in [5, 5.41) is 3.44. The summed E-state index contributed by atoms with van der Waals surface area (Å²) in [5.41, 5.74) is 0.293. The minimum atomic E-state index is 0.293. The van der Waals surface area contributed by atoms with Crippen molar-refractivity contribution in [1.82, 2.24) is 10.2 Å². The molecular formula is C14H28N3+. The normalized spacial score (nSPS) is 24.8. The fourth-order valence-electron chi connectivity index (χ4n) is 2.85. The molecule has 2 heterocycles. The molecule has 0 atom stereocenters. The Morgan fingerprint density at radius 1 is 1.29 bits per heavy atom. The maximum atomic E-state index is 3.44. The molecular weight excluding hydrogens is 210 g/mol. The third-order valence-electron chi connectivity index (χ3n) is 4.05. The van der Waals surface area contributed by atoms with Crippen molar-refractivity contribution in [2.45, 2.75) is 39.2 Å². The number of hydrogen-bond donors (Lipinski definition) is 1. The average molecular weight is 238 g/mol. The lowest BCUT2D eigenvalue weighted by molar-refractivity contribution is -0.597. The van der Waals surface area contributed by atoms with E-state index in [0.717, 1.165) is 12.5 Å². The summed E-state index contributed by atoms with van der Waals surface area (Å²) >= 11 is 0. The van der Waals surface area contributed by atoms with Gasteiger partial charge in [0.2, 0.25) is 0 Å². The highest BCUT2D eigenvalue weighted by molar-refractivity contribution is 5.54. The van der Waals surface area contributed by atoms with Gasteiger partial charge in [0, 0.05) is 6.54 Å². The largest absolute Gasteiger partial charge is 0.317 e. The standard InChI is InChI=1S/C14H28N3/c1-14(2,3)17-10-8-16(9-11-17)12-13-4-6-15-7-5-13/h10,13,15H,4-9,11-12H2,1-3H3/q+1. The Morgan fingerprint density at radius 2 is 2.00 bits per heavy atom. The van der Waals surface area contributed by atoms with Crippen molar-refractivity contribution in [1.29, 1.82) is 0 Å². The molecule has 3 heteroatoms. The molecule has 2 aliphatic heterocycles. The molecule has 0 aromatic carbocycles. The Hall–Kier alpha value is -0.410. The number of piperidine rings is 1. The van der Waals surface area contributed by atoms with Crippen molar-refractivity contribution >= 4 is 6.21 Å². The van der Waals surface area contributed by atoms with Crippen LogP contribution >= 0.6 is 0 Å². The number of nitrogens with zero attached hydrogens (tertiary/aromatic N) is 2. The Balaban J connectivity index is 1.80. The molecule has 17 heavy (non-hydrogen) atoms. The molecule has 0 aromatic heterocycles. The second kappa shape index (κ2) is 5.49. The van der Waals surface area contributed by atoms with Crippen LogP contribution in [0.2, 0.25) is 0 Å². The summed E-state index contributed by atoms with van der Waals surface area (Å²) in [4.78, 5) is 2.62. The topological polar surface area (TPSA) is 18.3 Å². The zero-order valence-electron chi connectivity index (χ0n) is 11.7. The Kier molecular flexibility index (Phi) is 4.21. The van der Waals surface area contributed by atoms with Crippen LogP contribution in [-0.2, 0) is 0 Å². The van der Waals surface area contributed by atoms with Crippen molar-refractivity contribution < 1.29 is 4.58 Å². The van der Waals surface area contributed by atoms with Crippen molar-refractivity contribution in [2.75, 3.05) is 39.3 Å². The Bertz CT molecular complexity index is 272. The van der Waals surface area contributed by atoms with Gasteiger partial charge in [0.15, 0.2) is 18.3 Å². The lowest BCUT2D eigenvalue weighted by atomic mass is 9.97. The highest BCUT2D eigenvalue weighted by Crippen LogP contribution is 2.15. The molecule has 0 saturated carbocycles. The van der Waals surface area contributed by atoms with Gasteiger partial charge in [-0.2, -0.15) is 0 Å². The van der Waals surface area contributed by atoms with Crippen LogP contribution in [0.15, 0.2) is 0 Å². The molecule has 1 fully saturated rings. The predicted octanol–water partition coefficient (Wildman–Crippen LogP) is 1.18. The van der Waals surface area contributed by atoms with Gasteiger partial charge in [-0.15, -0.1) is 0 Å². The van der Waals surface area contributed by atoms with Crippen LogP contribution in [0.5, 0.6) is 0 Å². The van der Waals surface area contributed by atoms with E-state index in [4.69, 9.17) is 0 Å². The van der Waals surface area contributed by atoms with E-state index < -0.39 is 0 Å². The first-order valence-electron chi connectivity index (χ1n) is 7.09. The van der Waals surface area contributed by atoms with Gasteiger partial charge in [-0.05, 0) is 52.6 Å². The molecule has 2 rings (SSSR count). The van der Waals surface area contributed by atoms with Crippen molar-refractivity contribution in [3.8, 4) is 0 Å². The van der Waals surface area contributed by atoms with E-state index >= 15 is 0 Å². The van der Waals surface area contributed by atoms with Gasteiger partial charge in [-0.1, -0.05) is 0 Å². The third kappa shape index (κ3) is 3.78. The van der Waals surface area contributed by atoms with Crippen LogP contribution in [0, 0.1) is 5.92 Å². The summed E-state index contributed by atoms with van der Waals surface area (Å²) < 4.78 is 2.49. The molecule has 0 aromatic rings. The van der Waals surface area contributed by atoms with Crippen molar-refractivity contribution in [2.24, 2.45) is 5.92 Å². The maximum Gasteiger partial charge on any atom is 0.155 e. The second-order valence-corrected chi connectivity index (χ2v) is 6.50. The van der Waals surface area contributed by atoms with Crippen LogP contribution in [-0.4, -0.2) is 60.5 Å². The summed E-state index contributed by atoms with van der Waals surface area (Å²) in [6.45, 7) is 14.2. The van der Waals surface area contributed by atoms with Gasteiger partial charge < -0.3 is 5.32 Å². The Labute approximate surface area is 106 Å². The van der Waals surface area contributed by atoms with Gasteiger partial charge in [-0.25, -0.2) is 4.58 Å². The molecule has 1 N–H and O–H groups in total. The molecule has 0 unspecified atom stereocenters. The van der Waals surface area contributed by atoms with Crippen LogP contribution in [0.3, 0.4) is 0 Å². The van der Waals surface area contributed by atoms with E-state index in [-0.39, 0.29) is 0 Å². The fraction of sp³-hybridized carbons (Fsp3) is 0.929. The predicted molar refractivity (Wildman–Crippen MR) is 73.0 cm³/mol. The smallest absolute Gasteiger partial charge is 0.155 e. The summed E-state index contributed by atoms with van der Waals surface area (Å²) in [5.74, 6) is 0.922. The zero-order valence-corrected chi connectivity index (χ0v) is 11.7. The number of hydrogen-bond acceptors (Lipinski definition) is 2. The van der Waals surface area contributed by atoms with Gasteiger partial charge in [-0.3, -0.25) is 4.90 Å². The van der Waals surface area contributed by atoms with E-state index in [1.54, 1.807) is 0 Å². The molecule has 1 saturated heterocycles. The SMILES string of the molecule is CC(C)(C)[N+]1=CCN(CC2CCNCC2)CC1. The quantitative estimate of drug-likeness (QED) is 0.728. The van der Waals surface area contributed by atoms with Crippen LogP contribution < -0.4 is 5.32 Å². The van der Waals surface area contributed by atoms with Crippen molar-refractivity contribution in [3.05, 3.63) is 0 Å². The molecule has 0 bridgehead atoms. The summed E-state index contributed by atoms with van der Waals surface area (Å²) in [6.07, 6.45) is 5.11. The molecule has 3 nitrogen and oxygen atoms in total. The molecule has 98 valence electrons. The molecule has 0 radical (unpaired) electrons. The maximum absolute atomic E-state index is 3.44. The van der Waals surface area contributed by atoms with E-state index in [2.05, 4.69) is 41.8 Å². The first-order valence-corrected chi connectivity index (χ1v) is 7.09. The average Bonchev–Trinajstić information content (AvgIpc) is 2.30. The molecule has 0 amide bonds. The van der Waals surface area contributed by atoms with Crippen LogP contribution in [0.4, 0.5) is 0 Å². The minimum Gasteiger partial charge on any atom is -0.317 e. The van der Waals surface area contributed by atoms with Gasteiger partial charge >= 0.3 is 0 Å². The van der Waals surface area contributed by atoms with Gasteiger partial charge in [0.1, 0.15) is 0 Å². The monoisotopic (exact) mass is 238 g/mol. The first-order chi connectivity index (χ1) is 8.05. The third-order valence-corrected chi connectivity index (χ3v) is 4.05. The highest BCUT2D eigenvalue weighted by atomic mass is 15.2. The molecule has 2 aliphatic rings. The number of rotatable bonds is 2. The van der Waals surface area contributed by atoms with Crippen molar-refractivity contribution in [3.63, 3.8) is 0 Å². The first kappa shape index (κ1) is 13.0.